The zero-order valence-electron chi connectivity index (χ0n) is 79.0. The van der Waals surface area contributed by atoms with Crippen LogP contribution in [-0.4, -0.2) is 39.9 Å². The van der Waals surface area contributed by atoms with Crippen molar-refractivity contribution in [2.24, 2.45) is 0 Å². The van der Waals surface area contributed by atoms with Crippen molar-refractivity contribution in [1.29, 1.82) is 0 Å². The molecule has 0 saturated heterocycles. The third-order valence-corrected chi connectivity index (χ3v) is 41.3. The van der Waals surface area contributed by atoms with Gasteiger partial charge < -0.3 is 22.8 Å². The molecule has 6 heterocycles. The summed E-state index contributed by atoms with van der Waals surface area (Å²) in [7, 11) is -15.1. The van der Waals surface area contributed by atoms with Crippen molar-refractivity contribution in [2.45, 2.75) is 0 Å². The maximum absolute atomic E-state index is 14.8. The average Bonchev–Trinajstić information content (AvgIpc) is 0.778. The number of nitrogens with zero attached hydrogens (tertiary/aromatic N) is 8. The average molecular weight is 1980 g/mol. The molecule has 0 aliphatic rings. The van der Waals surface area contributed by atoms with Crippen LogP contribution < -0.4 is 79.6 Å². The molecule has 25 rings (SSSR count). The Balaban J connectivity index is 0.000000109. The molecule has 0 aliphatic carbocycles. The number of benzene rings is 19. The fourth-order valence-corrected chi connectivity index (χ4v) is 32.2. The SMILES string of the molecule is O=P(c1ccccc1)(c1ccccc1)c1ccc(-c2nc(-c3ccccc3)nc(-c3ccc4ccccc4c3)n2)cc1.O=P(c1ccccc1)(c1ccccc1)c1cnc2c(ccc3cccnc32)c1.O=P(c1ccccc1)(c1ccccc1)c1cnc2ccccc2c1.O=P(c1ccccc1)(c1ccccc1)c1cncc2c1ccc1ccccc12.O=P(c1ccccc1)(c1ccccc1)c1cncc2ccccc12. The third-order valence-electron chi connectivity index (χ3n) is 26.0. The Hall–Kier alpha value is -17.1. The Kier molecular flexibility index (Phi) is 28.0. The molecule has 0 spiro atoms. The first-order valence-corrected chi connectivity index (χ1v) is 56.4. The van der Waals surface area contributed by atoms with E-state index in [9.17, 15) is 22.8 Å². The van der Waals surface area contributed by atoms with Crippen LogP contribution in [0.5, 0.6) is 0 Å². The van der Waals surface area contributed by atoms with Crippen LogP contribution >= 0.6 is 35.7 Å². The molecule has 146 heavy (non-hydrogen) atoms. The van der Waals surface area contributed by atoms with Gasteiger partial charge in [0.15, 0.2) is 53.2 Å². The second-order valence-electron chi connectivity index (χ2n) is 34.9. The van der Waals surface area contributed by atoms with Gasteiger partial charge in [-0.05, 0) is 62.6 Å². The topological polar surface area (TPSA) is 188 Å². The van der Waals surface area contributed by atoms with E-state index in [1.165, 1.54) is 0 Å². The molecule has 6 aromatic heterocycles. The van der Waals surface area contributed by atoms with Crippen molar-refractivity contribution < 1.29 is 22.8 Å². The Morgan fingerprint density at radius 2 is 0.466 bits per heavy atom. The van der Waals surface area contributed by atoms with Gasteiger partial charge in [-0.1, -0.05) is 491 Å². The first-order chi connectivity index (χ1) is 71.8. The van der Waals surface area contributed by atoms with Gasteiger partial charge in [0, 0.05) is 167 Å². The molecule has 25 aromatic rings. The zero-order chi connectivity index (χ0) is 99.1. The van der Waals surface area contributed by atoms with Crippen LogP contribution in [0.25, 0.3) is 110 Å². The molecular formula is C128H93N8O5P5. The normalized spacial score (nSPS) is 11.6. The van der Waals surface area contributed by atoms with E-state index in [4.69, 9.17) is 19.9 Å². The predicted molar refractivity (Wildman–Crippen MR) is 610 cm³/mol. The lowest BCUT2D eigenvalue weighted by Gasteiger charge is -2.21. The molecule has 18 heteroatoms. The van der Waals surface area contributed by atoms with E-state index in [1.54, 1.807) is 31.0 Å². The molecule has 0 radical (unpaired) electrons. The predicted octanol–water partition coefficient (Wildman–Crippen LogP) is 24.9. The number of hydrogen-bond acceptors (Lipinski definition) is 13. The Morgan fingerprint density at radius 3 is 0.938 bits per heavy atom. The summed E-state index contributed by atoms with van der Waals surface area (Å²) < 4.78 is 72.6. The van der Waals surface area contributed by atoms with Gasteiger partial charge in [0.2, 0.25) is 0 Å². The van der Waals surface area contributed by atoms with Gasteiger partial charge in [0.1, 0.15) is 0 Å². The van der Waals surface area contributed by atoms with Gasteiger partial charge in [0.25, 0.3) is 0 Å². The molecule has 0 amide bonds. The highest BCUT2D eigenvalue weighted by Gasteiger charge is 2.37. The summed E-state index contributed by atoms with van der Waals surface area (Å²) in [6.45, 7) is 0. The molecule has 0 fully saturated rings. The van der Waals surface area contributed by atoms with Crippen LogP contribution in [0.4, 0.5) is 0 Å². The maximum Gasteiger partial charge on any atom is 0.173 e. The quantitative estimate of drug-likeness (QED) is 0.0583. The highest BCUT2D eigenvalue weighted by Crippen LogP contribution is 2.49. The standard InChI is InChI=1S/C37H26N3OP.C25H18NOP.C24H17N2OP.2C21H16NOP/c41-42(32-16-6-2-7-17-32,33-18-8-3-9-19-33)34-24-22-29(23-25-34)36-38-35(28-13-4-1-5-14-28)39-37(40-36)31-21-20-27-12-10-11-15-30(27)26-31;27-28(20-10-3-1-4-11-20,21-12-5-2-6-13-21)25-18-26-17-24-22-14-8-7-9-19(22)15-16-23(24)25;27-28(20-9-3-1-4-10-20,21-11-5-2-6-12-21)22-16-19-14-13-18-8-7-15-25-23(18)24(19)26-17-22;23-24(18-10-3-1-4-11-18,19-12-5-2-6-13-19)20-15-17-9-7-8-14-21(17)22-16-20;23-24(18-10-3-1-4-11-18,19-12-5-2-6-13-19)21-16-22-15-17-9-7-8-14-20(17)21/h1-26H;1-18H;1-17H;2*1-16H. The Labute approximate surface area is 846 Å². The van der Waals surface area contributed by atoms with Gasteiger partial charge in [0.05, 0.1) is 16.6 Å². The third kappa shape index (κ3) is 19.3. The highest BCUT2D eigenvalue weighted by atomic mass is 31.2. The lowest BCUT2D eigenvalue weighted by molar-refractivity contribution is 0.591. The molecule has 19 aromatic carbocycles. The van der Waals surface area contributed by atoms with Crippen molar-refractivity contribution in [3.63, 3.8) is 0 Å². The minimum Gasteiger partial charge on any atom is -0.309 e. The van der Waals surface area contributed by atoms with E-state index in [0.29, 0.717) is 17.5 Å². The van der Waals surface area contributed by atoms with Crippen LogP contribution in [0.15, 0.2) is 565 Å². The lowest BCUT2D eigenvalue weighted by Crippen LogP contribution is -2.25. The first-order valence-electron chi connectivity index (χ1n) is 47.9. The number of para-hydroxylation sites is 1. The van der Waals surface area contributed by atoms with E-state index in [2.05, 4.69) is 74.5 Å². The van der Waals surface area contributed by atoms with Crippen molar-refractivity contribution in [1.82, 2.24) is 39.9 Å². The number of rotatable bonds is 18. The second kappa shape index (κ2) is 43.0. The van der Waals surface area contributed by atoms with E-state index in [0.717, 1.165) is 172 Å². The molecule has 0 atom stereocenters. The summed E-state index contributed by atoms with van der Waals surface area (Å²) in [5.41, 5.74) is 5.26. The number of fused-ring (bicyclic) bond motifs is 9. The van der Waals surface area contributed by atoms with E-state index < -0.39 is 35.7 Å². The summed E-state index contributed by atoms with van der Waals surface area (Å²) in [6, 6.07) is 169. The minimum atomic E-state index is -3.08. The molecule has 13 nitrogen and oxygen atoms in total. The Bertz CT molecular complexity index is 8990. The van der Waals surface area contributed by atoms with Crippen LogP contribution in [0.2, 0.25) is 0 Å². The highest BCUT2D eigenvalue weighted by molar-refractivity contribution is 7.87. The van der Waals surface area contributed by atoms with Gasteiger partial charge >= 0.3 is 0 Å². The van der Waals surface area contributed by atoms with Crippen molar-refractivity contribution >= 4 is 191 Å². The molecule has 0 N–H and O–H groups in total. The molecule has 0 saturated carbocycles. The second-order valence-corrected chi connectivity index (χ2v) is 48.7. The number of aromatic nitrogens is 8. The van der Waals surface area contributed by atoms with Gasteiger partial charge in [-0.15, -0.1) is 0 Å². The maximum atomic E-state index is 14.8. The Morgan fingerprint density at radius 1 is 0.158 bits per heavy atom. The number of hydrogen-bond donors (Lipinski definition) is 0. The number of pyridine rings is 5. The molecule has 0 bridgehead atoms. The van der Waals surface area contributed by atoms with Crippen molar-refractivity contribution in [3.8, 4) is 34.2 Å². The van der Waals surface area contributed by atoms with Crippen LogP contribution in [-0.2, 0) is 22.8 Å². The summed E-state index contributed by atoms with van der Waals surface area (Å²) in [6.07, 6.45) is 12.5. The minimum absolute atomic E-state index is 0.563. The molecule has 700 valence electrons. The smallest absolute Gasteiger partial charge is 0.173 e. The molecular weight excluding hydrogens is 1880 g/mol. The van der Waals surface area contributed by atoms with E-state index in [1.807, 2.05) is 480 Å². The fraction of sp³-hybridized carbons (Fsp3) is 0. The summed E-state index contributed by atoms with van der Waals surface area (Å²) in [4.78, 5) is 37.2. The van der Waals surface area contributed by atoms with Gasteiger partial charge in [-0.25, -0.2) is 15.0 Å². The first kappa shape index (κ1) is 95.1. The zero-order valence-corrected chi connectivity index (χ0v) is 83.5. The monoisotopic (exact) mass is 1980 g/mol. The summed E-state index contributed by atoms with van der Waals surface area (Å²) >= 11 is 0. The van der Waals surface area contributed by atoms with Gasteiger partial charge in [-0.3, -0.25) is 24.9 Å². The van der Waals surface area contributed by atoms with Crippen LogP contribution in [0.1, 0.15) is 0 Å². The lowest BCUT2D eigenvalue weighted by atomic mass is 10.0. The van der Waals surface area contributed by atoms with Crippen molar-refractivity contribution in [3.05, 3.63) is 565 Å². The van der Waals surface area contributed by atoms with E-state index >= 15 is 0 Å². The van der Waals surface area contributed by atoms with Crippen LogP contribution in [0, 0.1) is 0 Å². The fourth-order valence-electron chi connectivity index (χ4n) is 18.7. The van der Waals surface area contributed by atoms with Crippen LogP contribution in [0.3, 0.4) is 0 Å². The van der Waals surface area contributed by atoms with Gasteiger partial charge in [-0.2, -0.15) is 0 Å². The van der Waals surface area contributed by atoms with Crippen molar-refractivity contribution in [2.75, 3.05) is 0 Å². The van der Waals surface area contributed by atoms with E-state index in [-0.39, 0.29) is 0 Å². The molecule has 0 aliphatic heterocycles. The summed E-state index contributed by atoms with van der Waals surface area (Å²) in [5.74, 6) is 1.77. The largest absolute Gasteiger partial charge is 0.309 e. The summed E-state index contributed by atoms with van der Waals surface area (Å²) in [5, 5.41) is 23.6. The molecule has 0 unspecified atom stereocenters.